The van der Waals surface area contributed by atoms with E-state index in [0.29, 0.717) is 31.3 Å². The summed E-state index contributed by atoms with van der Waals surface area (Å²) in [6.07, 6.45) is 1.67. The molecule has 0 spiro atoms. The van der Waals surface area contributed by atoms with Crippen molar-refractivity contribution >= 4 is 0 Å². The first kappa shape index (κ1) is 15.7. The van der Waals surface area contributed by atoms with E-state index >= 15 is 0 Å². The second kappa shape index (κ2) is 8.54. The molecule has 0 aliphatic carbocycles. The number of nitrogens with one attached hydrogen (secondary N) is 1. The van der Waals surface area contributed by atoms with Crippen LogP contribution in [0.2, 0.25) is 0 Å². The Bertz CT molecular complexity index is 513. The summed E-state index contributed by atoms with van der Waals surface area (Å²) in [5.74, 6) is 1.25. The maximum absolute atomic E-state index is 5.42. The lowest BCUT2D eigenvalue weighted by molar-refractivity contribution is 0.114. The van der Waals surface area contributed by atoms with E-state index in [9.17, 15) is 0 Å². The zero-order valence-corrected chi connectivity index (χ0v) is 12.7. The molecule has 0 amide bonds. The van der Waals surface area contributed by atoms with Gasteiger partial charge in [-0.25, -0.2) is 0 Å². The number of likely N-dealkylation sites (N-methyl/N-ethyl adjacent to an activating group) is 1. The molecule has 0 saturated heterocycles. The van der Waals surface area contributed by atoms with Crippen molar-refractivity contribution in [1.82, 2.24) is 15.5 Å². The van der Waals surface area contributed by atoms with Crippen LogP contribution in [-0.2, 0) is 17.8 Å². The number of hydrogen-bond donors (Lipinski definition) is 1. The molecule has 0 saturated carbocycles. The fourth-order valence-electron chi connectivity index (χ4n) is 2.15. The number of hydrogen-bond acceptors (Lipinski definition) is 5. The molecule has 21 heavy (non-hydrogen) atoms. The molecular weight excluding hydrogens is 266 g/mol. The molecule has 5 heteroatoms. The summed E-state index contributed by atoms with van der Waals surface area (Å²) in [5, 5.41) is 7.41. The lowest BCUT2D eigenvalue weighted by atomic mass is 10.0. The Hall–Kier alpha value is -1.72. The first-order valence-electron chi connectivity index (χ1n) is 7.51. The lowest BCUT2D eigenvalue weighted by Gasteiger charge is -2.16. The Morgan fingerprint density at radius 2 is 2.05 bits per heavy atom. The van der Waals surface area contributed by atoms with Gasteiger partial charge in [0.15, 0.2) is 5.82 Å². The second-order valence-corrected chi connectivity index (χ2v) is 4.88. The van der Waals surface area contributed by atoms with Gasteiger partial charge in [0.05, 0.1) is 0 Å². The minimum Gasteiger partial charge on any atom is -0.373 e. The van der Waals surface area contributed by atoms with E-state index in [1.54, 1.807) is 0 Å². The fourth-order valence-corrected chi connectivity index (χ4v) is 2.15. The summed E-state index contributed by atoms with van der Waals surface area (Å²) < 4.78 is 10.7. The number of rotatable bonds is 9. The van der Waals surface area contributed by atoms with Gasteiger partial charge in [0.1, 0.15) is 6.61 Å². The van der Waals surface area contributed by atoms with Gasteiger partial charge in [-0.1, -0.05) is 49.3 Å². The molecule has 2 aromatic rings. The van der Waals surface area contributed by atoms with Gasteiger partial charge in [-0.05, 0) is 18.5 Å². The Morgan fingerprint density at radius 3 is 2.76 bits per heavy atom. The van der Waals surface area contributed by atoms with E-state index in [1.807, 2.05) is 18.2 Å². The quantitative estimate of drug-likeness (QED) is 0.719. The largest absolute Gasteiger partial charge is 0.373 e. The van der Waals surface area contributed by atoms with E-state index in [1.165, 1.54) is 5.56 Å². The highest BCUT2D eigenvalue weighted by Crippen LogP contribution is 2.17. The van der Waals surface area contributed by atoms with Crippen LogP contribution in [-0.4, -0.2) is 23.3 Å². The SMILES string of the molecule is CCCOCc1noc(CC(NCC)c2ccccc2)n1. The van der Waals surface area contributed by atoms with Gasteiger partial charge in [-0.2, -0.15) is 4.98 Å². The summed E-state index contributed by atoms with van der Waals surface area (Å²) in [4.78, 5) is 4.39. The van der Waals surface area contributed by atoms with Gasteiger partial charge in [-0.15, -0.1) is 0 Å². The van der Waals surface area contributed by atoms with E-state index in [4.69, 9.17) is 9.26 Å². The standard InChI is InChI=1S/C16H23N3O2/c1-3-10-20-12-15-18-16(21-19-15)11-14(17-4-2)13-8-6-5-7-9-13/h5-9,14,17H,3-4,10-12H2,1-2H3. The molecule has 1 N–H and O–H groups in total. The number of benzene rings is 1. The summed E-state index contributed by atoms with van der Waals surface area (Å²) in [7, 11) is 0. The van der Waals surface area contributed by atoms with Crippen molar-refractivity contribution in [3.63, 3.8) is 0 Å². The van der Waals surface area contributed by atoms with Gasteiger partial charge in [0, 0.05) is 19.1 Å². The van der Waals surface area contributed by atoms with Gasteiger partial charge >= 0.3 is 0 Å². The Kier molecular flexibility index (Phi) is 6.37. The predicted molar refractivity (Wildman–Crippen MR) is 80.8 cm³/mol. The highest BCUT2D eigenvalue weighted by molar-refractivity contribution is 5.19. The molecule has 1 aromatic heterocycles. The Labute approximate surface area is 125 Å². The van der Waals surface area contributed by atoms with Crippen LogP contribution >= 0.6 is 0 Å². The summed E-state index contributed by atoms with van der Waals surface area (Å²) in [5.41, 5.74) is 1.22. The minimum atomic E-state index is 0.182. The maximum Gasteiger partial charge on any atom is 0.228 e. The third-order valence-corrected chi connectivity index (χ3v) is 3.12. The number of aromatic nitrogens is 2. The van der Waals surface area contributed by atoms with Crippen LogP contribution in [0.4, 0.5) is 0 Å². The maximum atomic E-state index is 5.42. The summed E-state index contributed by atoms with van der Waals surface area (Å²) in [6.45, 7) is 6.18. The molecule has 1 heterocycles. The van der Waals surface area contributed by atoms with Crippen LogP contribution in [0.5, 0.6) is 0 Å². The zero-order chi connectivity index (χ0) is 14.9. The van der Waals surface area contributed by atoms with Crippen molar-refractivity contribution in [2.75, 3.05) is 13.2 Å². The Morgan fingerprint density at radius 1 is 1.24 bits per heavy atom. The first-order chi connectivity index (χ1) is 10.3. The van der Waals surface area contributed by atoms with Crippen molar-refractivity contribution < 1.29 is 9.26 Å². The van der Waals surface area contributed by atoms with Crippen molar-refractivity contribution in [3.8, 4) is 0 Å². The molecule has 1 atom stereocenters. The van der Waals surface area contributed by atoms with Gasteiger partial charge < -0.3 is 14.6 Å². The molecule has 0 aliphatic heterocycles. The average Bonchev–Trinajstić information content (AvgIpc) is 2.96. The van der Waals surface area contributed by atoms with E-state index < -0.39 is 0 Å². The van der Waals surface area contributed by atoms with Crippen molar-refractivity contribution in [3.05, 3.63) is 47.6 Å². The number of ether oxygens (including phenoxy) is 1. The highest BCUT2D eigenvalue weighted by atomic mass is 16.5. The van der Waals surface area contributed by atoms with Gasteiger partial charge in [0.2, 0.25) is 5.89 Å². The topological polar surface area (TPSA) is 60.2 Å². The van der Waals surface area contributed by atoms with E-state index in [-0.39, 0.29) is 6.04 Å². The van der Waals surface area contributed by atoms with E-state index in [0.717, 1.165) is 13.0 Å². The monoisotopic (exact) mass is 289 g/mol. The van der Waals surface area contributed by atoms with Crippen molar-refractivity contribution in [2.24, 2.45) is 0 Å². The van der Waals surface area contributed by atoms with Crippen molar-refractivity contribution in [1.29, 1.82) is 0 Å². The third-order valence-electron chi connectivity index (χ3n) is 3.12. The smallest absolute Gasteiger partial charge is 0.228 e. The second-order valence-electron chi connectivity index (χ2n) is 4.88. The molecule has 0 aliphatic rings. The lowest BCUT2D eigenvalue weighted by Crippen LogP contribution is -2.23. The number of nitrogens with zero attached hydrogens (tertiary/aromatic N) is 2. The predicted octanol–water partition coefficient (Wildman–Crippen LogP) is 2.89. The van der Waals surface area contributed by atoms with Gasteiger partial charge in [0.25, 0.3) is 0 Å². The molecule has 1 aromatic carbocycles. The van der Waals surface area contributed by atoms with Crippen LogP contribution in [0, 0.1) is 0 Å². The molecule has 1 unspecified atom stereocenters. The summed E-state index contributed by atoms with van der Waals surface area (Å²) >= 11 is 0. The van der Waals surface area contributed by atoms with Crippen LogP contribution in [0.25, 0.3) is 0 Å². The molecular formula is C16H23N3O2. The highest BCUT2D eigenvalue weighted by Gasteiger charge is 2.15. The molecule has 2 rings (SSSR count). The zero-order valence-electron chi connectivity index (χ0n) is 12.7. The van der Waals surface area contributed by atoms with E-state index in [2.05, 4.69) is 41.4 Å². The first-order valence-corrected chi connectivity index (χ1v) is 7.51. The molecule has 0 fully saturated rings. The van der Waals surface area contributed by atoms with Crippen LogP contribution in [0.1, 0.15) is 43.6 Å². The van der Waals surface area contributed by atoms with Crippen LogP contribution in [0.3, 0.4) is 0 Å². The molecule has 0 radical (unpaired) electrons. The van der Waals surface area contributed by atoms with Crippen LogP contribution < -0.4 is 5.32 Å². The summed E-state index contributed by atoms with van der Waals surface area (Å²) in [6, 6.07) is 10.5. The molecule has 114 valence electrons. The molecule has 5 nitrogen and oxygen atoms in total. The van der Waals surface area contributed by atoms with Gasteiger partial charge in [-0.3, -0.25) is 0 Å². The molecule has 0 bridgehead atoms. The Balaban J connectivity index is 1.97. The van der Waals surface area contributed by atoms with Crippen molar-refractivity contribution in [2.45, 2.75) is 39.3 Å². The van der Waals surface area contributed by atoms with Crippen LogP contribution in [0.15, 0.2) is 34.9 Å². The minimum absolute atomic E-state index is 0.182. The normalized spacial score (nSPS) is 12.5. The third kappa shape index (κ3) is 4.95. The average molecular weight is 289 g/mol. The fraction of sp³-hybridized carbons (Fsp3) is 0.500.